The molecular weight excluding hydrogens is 856 g/mol. The van der Waals surface area contributed by atoms with E-state index in [-0.39, 0.29) is 19.1 Å². The van der Waals surface area contributed by atoms with E-state index >= 15 is 4.79 Å². The van der Waals surface area contributed by atoms with Crippen molar-refractivity contribution < 1.29 is 8.83 Å². The van der Waals surface area contributed by atoms with Crippen LogP contribution in [0.15, 0.2) is 135 Å². The van der Waals surface area contributed by atoms with Gasteiger partial charge in [-0.25, -0.2) is 13.6 Å². The molecule has 0 saturated heterocycles. The Morgan fingerprint density at radius 1 is 0.429 bits per heavy atom. The van der Waals surface area contributed by atoms with Crippen LogP contribution in [-0.2, 0) is 0 Å². The van der Waals surface area contributed by atoms with Crippen LogP contribution in [0.25, 0.3) is 93.8 Å². The van der Waals surface area contributed by atoms with Crippen molar-refractivity contribution in [1.82, 2.24) is 13.4 Å². The molecule has 0 bridgehead atoms. The number of fused-ring (bicyclic) bond motifs is 14. The summed E-state index contributed by atoms with van der Waals surface area (Å²) in [5.74, 6) is 0. The van der Waals surface area contributed by atoms with Crippen molar-refractivity contribution in [2.45, 2.75) is 62.3 Å². The number of para-hydroxylation sites is 2. The molecule has 8 heteroatoms. The summed E-state index contributed by atoms with van der Waals surface area (Å²) in [5.41, 5.74) is 28.5. The third-order valence-electron chi connectivity index (χ3n) is 16.4. The highest BCUT2D eigenvalue weighted by atomic mass is 16.3. The number of furan rings is 2. The number of rotatable bonds is 3. The van der Waals surface area contributed by atoms with Gasteiger partial charge in [0.15, 0.2) is 0 Å². The summed E-state index contributed by atoms with van der Waals surface area (Å²) in [4.78, 5) is 16.4. The number of hydrogen-bond acceptors (Lipinski definition) is 3. The van der Waals surface area contributed by atoms with Gasteiger partial charge >= 0.3 is 5.69 Å². The molecule has 0 saturated carbocycles. The van der Waals surface area contributed by atoms with Crippen LogP contribution in [0.5, 0.6) is 0 Å². The number of nitrogens with zero attached hydrogens (tertiary/aromatic N) is 3. The van der Waals surface area contributed by atoms with Crippen LogP contribution in [0.1, 0.15) is 50.1 Å². The summed E-state index contributed by atoms with van der Waals surface area (Å²) in [5, 5.41) is 6.16. The first kappa shape index (κ1) is 40.0. The van der Waals surface area contributed by atoms with Crippen LogP contribution in [0, 0.1) is 62.3 Å². The normalized spacial score (nSPS) is 13.2. The molecule has 6 nitrogen and oxygen atoms in total. The summed E-state index contributed by atoms with van der Waals surface area (Å²) in [6, 6.07) is 44.3. The molecule has 70 heavy (non-hydrogen) atoms. The van der Waals surface area contributed by atoms with Crippen LogP contribution < -0.4 is 38.5 Å². The Kier molecular flexibility index (Phi) is 7.67. The second-order valence-corrected chi connectivity index (χ2v) is 20.9. The molecule has 2 aliphatic heterocycles. The zero-order chi connectivity index (χ0) is 47.5. The number of aryl methyl sites for hydroxylation is 9. The fourth-order valence-electron chi connectivity index (χ4n) is 14.3. The van der Waals surface area contributed by atoms with E-state index < -0.39 is 0 Å². The lowest BCUT2D eigenvalue weighted by atomic mass is 9.30. The van der Waals surface area contributed by atoms with Gasteiger partial charge in [-0.1, -0.05) is 135 Å². The lowest BCUT2D eigenvalue weighted by molar-refractivity contribution is 0.672. The van der Waals surface area contributed by atoms with Crippen LogP contribution in [0.3, 0.4) is 0 Å². The van der Waals surface area contributed by atoms with Crippen LogP contribution in [0.2, 0.25) is 0 Å². The Hall–Kier alpha value is -7.96. The number of benzene rings is 8. The molecule has 8 aromatic carbocycles. The quantitative estimate of drug-likeness (QED) is 0.166. The lowest BCUT2D eigenvalue weighted by Gasteiger charge is -2.36. The van der Waals surface area contributed by atoms with Crippen molar-refractivity contribution in [2.24, 2.45) is 0 Å². The average molecular weight is 904 g/mol. The predicted octanol–water partition coefficient (Wildman–Crippen LogP) is 10.6. The van der Waals surface area contributed by atoms with E-state index in [0.29, 0.717) is 0 Å². The molecule has 13 aromatic rings. The molecule has 7 heterocycles. The van der Waals surface area contributed by atoms with Gasteiger partial charge in [0.05, 0.1) is 11.0 Å². The van der Waals surface area contributed by atoms with Crippen molar-refractivity contribution in [2.75, 3.05) is 0 Å². The minimum atomic E-state index is -0.262. The zero-order valence-corrected chi connectivity index (χ0v) is 40.8. The van der Waals surface area contributed by atoms with Crippen molar-refractivity contribution in [3.8, 4) is 16.8 Å². The molecule has 0 unspecified atom stereocenters. The van der Waals surface area contributed by atoms with Crippen molar-refractivity contribution in [3.05, 3.63) is 182 Å². The van der Waals surface area contributed by atoms with Gasteiger partial charge in [0.2, 0.25) is 13.4 Å². The van der Waals surface area contributed by atoms with E-state index in [0.717, 1.165) is 93.6 Å². The third kappa shape index (κ3) is 4.84. The highest BCUT2D eigenvalue weighted by Gasteiger charge is 2.47. The maximum absolute atomic E-state index is 16.4. The largest absolute Gasteiger partial charge is 0.455 e. The van der Waals surface area contributed by atoms with E-state index in [2.05, 4.69) is 176 Å². The summed E-state index contributed by atoms with van der Waals surface area (Å²) >= 11 is 0. The number of hydrogen-bond donors (Lipinski definition) is 0. The van der Waals surface area contributed by atoms with E-state index in [4.69, 9.17) is 8.83 Å². The fraction of sp³-hybridized carbons (Fsp3) is 0.145. The third-order valence-corrected chi connectivity index (χ3v) is 16.4. The van der Waals surface area contributed by atoms with Gasteiger partial charge in [-0.2, -0.15) is 0 Å². The second-order valence-electron chi connectivity index (χ2n) is 20.9. The Morgan fingerprint density at radius 2 is 0.829 bits per heavy atom. The van der Waals surface area contributed by atoms with Crippen molar-refractivity contribution >= 4 is 123 Å². The van der Waals surface area contributed by atoms with E-state index in [1.54, 1.807) is 0 Å². The molecule has 0 aliphatic carbocycles. The highest BCUT2D eigenvalue weighted by Crippen LogP contribution is 2.41. The lowest BCUT2D eigenvalue weighted by Crippen LogP contribution is -2.65. The van der Waals surface area contributed by atoms with Gasteiger partial charge in [0.1, 0.15) is 33.6 Å². The SMILES string of the molecule is Cc1cc(C)c(B2c3cc(-c4c(C)cc(C)cc4C)cc4c3-n3c5c2c2c6oc7ccccc7c6ccc2n5c(=O)n2c5ccc6c7ccccc7oc6c5c(c32)B4c2c(C)cc(C)cc2C)c(C)c1. The summed E-state index contributed by atoms with van der Waals surface area (Å²) in [7, 11) is 0. The minimum absolute atomic E-state index is 0.110. The highest BCUT2D eigenvalue weighted by molar-refractivity contribution is 7.03. The monoisotopic (exact) mass is 903 g/mol. The maximum atomic E-state index is 16.4. The Labute approximate surface area is 404 Å². The molecule has 0 atom stereocenters. The number of aromatic nitrogens is 3. The average Bonchev–Trinajstić information content (AvgIpc) is 4.08. The molecule has 0 N–H and O–H groups in total. The topological polar surface area (TPSA) is 57.1 Å². The molecule has 0 radical (unpaired) electrons. The van der Waals surface area contributed by atoms with Gasteiger partial charge in [0, 0.05) is 38.0 Å². The second kappa shape index (κ2) is 13.4. The fourth-order valence-corrected chi connectivity index (χ4v) is 14.3. The first-order chi connectivity index (χ1) is 33.9. The Balaban J connectivity index is 1.27. The standard InChI is InChI=1S/C62H47B2N3O3/c1-30-22-33(4)50(34(5)23-30)39-28-44-57-45(29-39)64(54-37(8)26-32(3)27-38(54)9)56-52-47(21-19-43-41-15-11-13-17-49(41)70-59(43)52)66-61(56)67(57)60-55(63(44)53-35(6)24-31(2)25-36(53)7)51-46(65(60)62(66)68)20-18-42-40-14-10-12-16-48(40)69-58(42)51/h10-29H,1-9H3. The Bertz CT molecular complexity index is 4360. The van der Waals surface area contributed by atoms with Crippen LogP contribution in [-0.4, -0.2) is 26.8 Å². The molecule has 15 rings (SSSR count). The van der Waals surface area contributed by atoms with Gasteiger partial charge in [-0.05, 0) is 143 Å². The molecular formula is C62H47B2N3O3. The smallest absolute Gasteiger partial charge is 0.340 e. The van der Waals surface area contributed by atoms with Crippen LogP contribution in [0.4, 0.5) is 0 Å². The van der Waals surface area contributed by atoms with Gasteiger partial charge in [-0.15, -0.1) is 0 Å². The Morgan fingerprint density at radius 3 is 1.26 bits per heavy atom. The summed E-state index contributed by atoms with van der Waals surface area (Å²) < 4.78 is 20.6. The summed E-state index contributed by atoms with van der Waals surface area (Å²) in [6.45, 7) is 19.7. The van der Waals surface area contributed by atoms with Gasteiger partial charge in [0.25, 0.3) is 0 Å². The molecule has 5 aromatic heterocycles. The minimum Gasteiger partial charge on any atom is -0.455 e. The van der Waals surface area contributed by atoms with Crippen molar-refractivity contribution in [1.29, 1.82) is 0 Å². The predicted molar refractivity (Wildman–Crippen MR) is 294 cm³/mol. The summed E-state index contributed by atoms with van der Waals surface area (Å²) in [6.07, 6.45) is 0. The first-order valence-electron chi connectivity index (χ1n) is 24.6. The van der Waals surface area contributed by atoms with Crippen molar-refractivity contribution in [3.63, 3.8) is 0 Å². The molecule has 0 amide bonds. The first-order valence-corrected chi connectivity index (χ1v) is 24.6. The van der Waals surface area contributed by atoms with E-state index in [1.807, 2.05) is 20.9 Å². The molecule has 0 spiro atoms. The van der Waals surface area contributed by atoms with Gasteiger partial charge in [-0.3, -0.25) is 4.57 Å². The van der Waals surface area contributed by atoms with E-state index in [1.165, 1.54) is 83.0 Å². The molecule has 0 fully saturated rings. The van der Waals surface area contributed by atoms with E-state index in [9.17, 15) is 0 Å². The van der Waals surface area contributed by atoms with Crippen LogP contribution >= 0.6 is 0 Å². The molecule has 2 aliphatic rings. The molecule has 334 valence electrons. The maximum Gasteiger partial charge on any atom is 0.340 e. The van der Waals surface area contributed by atoms with Gasteiger partial charge < -0.3 is 8.83 Å². The zero-order valence-electron chi connectivity index (χ0n) is 40.8.